The number of nitrogens with zero attached hydrogens (tertiary/aromatic N) is 3. The Morgan fingerprint density at radius 3 is 2.23 bits per heavy atom. The fourth-order valence-corrected chi connectivity index (χ4v) is 2.77. The maximum absolute atomic E-state index is 9.33. The highest BCUT2D eigenvalue weighted by molar-refractivity contribution is 8.02. The summed E-state index contributed by atoms with van der Waals surface area (Å²) >= 11 is 1.59. The van der Waals surface area contributed by atoms with Crippen LogP contribution in [0.2, 0.25) is 0 Å². The monoisotopic (exact) mass is 311 g/mol. The highest BCUT2D eigenvalue weighted by Crippen LogP contribution is 2.31. The number of rotatable bonds is 5. The largest absolute Gasteiger partial charge is 0.372 e. The van der Waals surface area contributed by atoms with Crippen molar-refractivity contribution in [3.05, 3.63) is 52.1 Å². The van der Waals surface area contributed by atoms with Crippen molar-refractivity contribution < 1.29 is 0 Å². The zero-order chi connectivity index (χ0) is 16.7. The molecule has 3 nitrogen and oxygen atoms in total. The van der Waals surface area contributed by atoms with E-state index in [0.29, 0.717) is 11.5 Å². The van der Waals surface area contributed by atoms with Crippen LogP contribution in [0.1, 0.15) is 30.9 Å². The summed E-state index contributed by atoms with van der Waals surface area (Å²) < 4.78 is 0. The molecule has 0 aliphatic carbocycles. The van der Waals surface area contributed by atoms with Gasteiger partial charge < -0.3 is 4.90 Å². The predicted molar refractivity (Wildman–Crippen MR) is 94.0 cm³/mol. The maximum Gasteiger partial charge on any atom is 0.137 e. The molecule has 0 aliphatic heterocycles. The third-order valence-corrected chi connectivity index (χ3v) is 4.18. The molecular formula is C18H21N3S. The Morgan fingerprint density at radius 2 is 1.77 bits per heavy atom. The van der Waals surface area contributed by atoms with E-state index in [4.69, 9.17) is 0 Å². The van der Waals surface area contributed by atoms with E-state index in [-0.39, 0.29) is 5.57 Å². The van der Waals surface area contributed by atoms with Crippen LogP contribution < -0.4 is 0 Å². The van der Waals surface area contributed by atoms with Crippen LogP contribution in [0.25, 0.3) is 5.57 Å². The lowest BCUT2D eigenvalue weighted by Crippen LogP contribution is -2.09. The summed E-state index contributed by atoms with van der Waals surface area (Å²) in [7, 11) is 3.90. The van der Waals surface area contributed by atoms with E-state index < -0.39 is 0 Å². The van der Waals surface area contributed by atoms with Crippen molar-refractivity contribution in [3.63, 3.8) is 0 Å². The van der Waals surface area contributed by atoms with Gasteiger partial charge in [0.05, 0.1) is 5.03 Å². The van der Waals surface area contributed by atoms with Gasteiger partial charge in [0.25, 0.3) is 0 Å². The standard InChI is InChI=1S/C18H21N3S/c1-13(2)15-8-6-7-9-16(15)17(14(11-19)12-20)10-18(22-5)21(3)4/h6-10,13H,1-5H3/b18-10+. The van der Waals surface area contributed by atoms with Crippen LogP contribution in [0.5, 0.6) is 0 Å². The van der Waals surface area contributed by atoms with E-state index in [9.17, 15) is 10.5 Å². The van der Waals surface area contributed by atoms with Gasteiger partial charge in [0.1, 0.15) is 17.7 Å². The topological polar surface area (TPSA) is 50.8 Å². The van der Waals surface area contributed by atoms with Crippen molar-refractivity contribution in [2.24, 2.45) is 0 Å². The summed E-state index contributed by atoms with van der Waals surface area (Å²) in [5.41, 5.74) is 2.91. The minimum absolute atomic E-state index is 0.140. The molecule has 0 saturated heterocycles. The molecule has 22 heavy (non-hydrogen) atoms. The Labute approximate surface area is 137 Å². The molecule has 4 heteroatoms. The van der Waals surface area contributed by atoms with Gasteiger partial charge in [-0.2, -0.15) is 10.5 Å². The first kappa shape index (κ1) is 17.9. The lowest BCUT2D eigenvalue weighted by atomic mass is 9.90. The smallest absolute Gasteiger partial charge is 0.137 e. The van der Waals surface area contributed by atoms with Crippen molar-refractivity contribution >= 4 is 17.3 Å². The van der Waals surface area contributed by atoms with E-state index in [1.54, 1.807) is 11.8 Å². The second-order valence-corrected chi connectivity index (χ2v) is 6.16. The van der Waals surface area contributed by atoms with Gasteiger partial charge in [0, 0.05) is 19.7 Å². The Morgan fingerprint density at radius 1 is 1.18 bits per heavy atom. The summed E-state index contributed by atoms with van der Waals surface area (Å²) in [6.07, 6.45) is 3.91. The third kappa shape index (κ3) is 4.16. The van der Waals surface area contributed by atoms with Gasteiger partial charge in [-0.05, 0) is 29.4 Å². The lowest BCUT2D eigenvalue weighted by Gasteiger charge is -2.18. The molecule has 0 spiro atoms. The fraction of sp³-hybridized carbons (Fsp3) is 0.333. The fourth-order valence-electron chi connectivity index (χ4n) is 2.17. The van der Waals surface area contributed by atoms with Crippen molar-refractivity contribution in [2.75, 3.05) is 20.4 Å². The molecule has 1 aromatic rings. The van der Waals surface area contributed by atoms with E-state index in [0.717, 1.165) is 16.2 Å². The zero-order valence-corrected chi connectivity index (χ0v) is 14.5. The van der Waals surface area contributed by atoms with E-state index in [1.165, 1.54) is 0 Å². The number of hydrogen-bond donors (Lipinski definition) is 0. The number of benzene rings is 1. The molecule has 114 valence electrons. The van der Waals surface area contributed by atoms with Crippen LogP contribution in [0.3, 0.4) is 0 Å². The van der Waals surface area contributed by atoms with Crippen LogP contribution >= 0.6 is 11.8 Å². The maximum atomic E-state index is 9.33. The molecule has 0 heterocycles. The second-order valence-electron chi connectivity index (χ2n) is 5.34. The molecule has 0 aromatic heterocycles. The molecule has 0 bridgehead atoms. The van der Waals surface area contributed by atoms with Crippen molar-refractivity contribution in [2.45, 2.75) is 19.8 Å². The molecule has 0 N–H and O–H groups in total. The van der Waals surface area contributed by atoms with Gasteiger partial charge >= 0.3 is 0 Å². The summed E-state index contributed by atoms with van der Waals surface area (Å²) in [5.74, 6) is 0.315. The molecule has 0 amide bonds. The van der Waals surface area contributed by atoms with Gasteiger partial charge in [-0.1, -0.05) is 38.1 Å². The predicted octanol–water partition coefficient (Wildman–Crippen LogP) is 4.38. The minimum Gasteiger partial charge on any atom is -0.372 e. The Balaban J connectivity index is 3.67. The first-order valence-corrected chi connectivity index (χ1v) is 8.25. The van der Waals surface area contributed by atoms with E-state index in [1.807, 2.05) is 61.7 Å². The molecular weight excluding hydrogens is 290 g/mol. The first-order valence-electron chi connectivity index (χ1n) is 7.03. The van der Waals surface area contributed by atoms with Crippen molar-refractivity contribution in [1.82, 2.24) is 4.90 Å². The highest BCUT2D eigenvalue weighted by Gasteiger charge is 2.14. The second kappa shape index (κ2) is 8.32. The molecule has 0 fully saturated rings. The molecule has 0 atom stereocenters. The Kier molecular flexibility index (Phi) is 6.76. The lowest BCUT2D eigenvalue weighted by molar-refractivity contribution is 0.551. The highest BCUT2D eigenvalue weighted by atomic mass is 32.2. The normalized spacial score (nSPS) is 10.8. The zero-order valence-electron chi connectivity index (χ0n) is 13.7. The summed E-state index contributed by atoms with van der Waals surface area (Å²) in [6, 6.07) is 12.0. The number of hydrogen-bond acceptors (Lipinski definition) is 4. The van der Waals surface area contributed by atoms with Gasteiger partial charge in [0.2, 0.25) is 0 Å². The summed E-state index contributed by atoms with van der Waals surface area (Å²) in [6.45, 7) is 4.22. The quantitative estimate of drug-likeness (QED) is 0.598. The third-order valence-electron chi connectivity index (χ3n) is 3.28. The van der Waals surface area contributed by atoms with Crippen molar-refractivity contribution in [3.8, 4) is 12.1 Å². The SMILES string of the molecule is CS/C(=C/C(=C(C#N)C#N)c1ccccc1C(C)C)N(C)C. The number of nitriles is 2. The molecule has 0 aliphatic rings. The average Bonchev–Trinajstić information content (AvgIpc) is 2.51. The van der Waals surface area contributed by atoms with Crippen LogP contribution in [0.4, 0.5) is 0 Å². The van der Waals surface area contributed by atoms with Crippen LogP contribution in [0.15, 0.2) is 40.9 Å². The van der Waals surface area contributed by atoms with Gasteiger partial charge in [-0.3, -0.25) is 0 Å². The van der Waals surface area contributed by atoms with E-state index >= 15 is 0 Å². The van der Waals surface area contributed by atoms with E-state index in [2.05, 4.69) is 19.9 Å². The van der Waals surface area contributed by atoms with Crippen LogP contribution in [0, 0.1) is 22.7 Å². The van der Waals surface area contributed by atoms with Crippen molar-refractivity contribution in [1.29, 1.82) is 10.5 Å². The van der Waals surface area contributed by atoms with Gasteiger partial charge in [-0.25, -0.2) is 0 Å². The molecule has 0 saturated carbocycles. The number of allylic oxidation sites excluding steroid dienone is 3. The van der Waals surface area contributed by atoms with Gasteiger partial charge in [-0.15, -0.1) is 11.8 Å². The van der Waals surface area contributed by atoms with Crippen LogP contribution in [-0.4, -0.2) is 25.3 Å². The molecule has 0 unspecified atom stereocenters. The average molecular weight is 311 g/mol. The Bertz CT molecular complexity index is 654. The first-order chi connectivity index (χ1) is 10.5. The summed E-state index contributed by atoms with van der Waals surface area (Å²) in [4.78, 5) is 1.98. The summed E-state index contributed by atoms with van der Waals surface area (Å²) in [5, 5.41) is 19.7. The number of thioether (sulfide) groups is 1. The molecule has 1 rings (SSSR count). The molecule has 0 radical (unpaired) electrons. The van der Waals surface area contributed by atoms with Gasteiger partial charge in [0.15, 0.2) is 0 Å². The molecule has 1 aromatic carbocycles. The Hall–Kier alpha value is -2.17. The minimum atomic E-state index is 0.140. The van der Waals surface area contributed by atoms with Crippen LogP contribution in [-0.2, 0) is 0 Å².